The summed E-state index contributed by atoms with van der Waals surface area (Å²) in [5, 5.41) is 12.8. The van der Waals surface area contributed by atoms with Gasteiger partial charge < -0.3 is 15.3 Å². The average Bonchev–Trinajstić information content (AvgIpc) is 2.43. The summed E-state index contributed by atoms with van der Waals surface area (Å²) >= 11 is 0. The maximum Gasteiger partial charge on any atom is 0.226 e. The van der Waals surface area contributed by atoms with Gasteiger partial charge in [0, 0.05) is 32.0 Å². The molecule has 4 aliphatic rings. The number of carbonyl (C=O) groups excluding carboxylic acids is 2. The molecule has 4 rings (SSSR count). The Balaban J connectivity index is 1.47. The van der Waals surface area contributed by atoms with Crippen molar-refractivity contribution in [3.8, 4) is 0 Å². The molecule has 0 aromatic heterocycles. The first kappa shape index (κ1) is 17.7. The van der Waals surface area contributed by atoms with Crippen molar-refractivity contribution in [2.75, 3.05) is 20.1 Å². The lowest BCUT2D eigenvalue weighted by atomic mass is 9.49. The largest absolute Gasteiger partial charge is 0.389 e. The zero-order chi connectivity index (χ0) is 17.5. The zero-order valence-electron chi connectivity index (χ0n) is 15.3. The van der Waals surface area contributed by atoms with Gasteiger partial charge in [0.1, 0.15) is 0 Å². The van der Waals surface area contributed by atoms with E-state index in [2.05, 4.69) is 5.32 Å². The van der Waals surface area contributed by atoms with Gasteiger partial charge >= 0.3 is 0 Å². The van der Waals surface area contributed by atoms with Gasteiger partial charge in [0.05, 0.1) is 5.60 Å². The van der Waals surface area contributed by atoms with Crippen LogP contribution in [0.1, 0.15) is 58.8 Å². The average molecular weight is 336 g/mol. The molecule has 0 aromatic carbocycles. The van der Waals surface area contributed by atoms with Gasteiger partial charge in [-0.25, -0.2) is 0 Å². The Hall–Kier alpha value is -1.10. The number of nitrogens with one attached hydrogen (secondary N) is 1. The SMILES string of the molecule is CN(CC(C)(C)O)C(=O)CCNC(=O)C12CC3CC(CC(C3)C1)C2. The number of hydrogen-bond donors (Lipinski definition) is 2. The molecule has 5 heteroatoms. The molecule has 136 valence electrons. The summed E-state index contributed by atoms with van der Waals surface area (Å²) in [5.74, 6) is 2.40. The molecule has 0 aliphatic heterocycles. The third-order valence-corrected chi connectivity index (χ3v) is 6.19. The second kappa shape index (κ2) is 6.32. The van der Waals surface area contributed by atoms with Crippen molar-refractivity contribution >= 4 is 11.8 Å². The van der Waals surface area contributed by atoms with Crippen LogP contribution >= 0.6 is 0 Å². The number of likely N-dealkylation sites (N-methyl/N-ethyl adjacent to an activating group) is 1. The Labute approximate surface area is 145 Å². The number of hydrogen-bond acceptors (Lipinski definition) is 3. The summed E-state index contributed by atoms with van der Waals surface area (Å²) in [5.41, 5.74) is -1.04. The predicted octanol–water partition coefficient (Wildman–Crippen LogP) is 1.94. The van der Waals surface area contributed by atoms with Crippen molar-refractivity contribution < 1.29 is 14.7 Å². The van der Waals surface area contributed by atoms with Gasteiger partial charge in [-0.15, -0.1) is 0 Å². The summed E-state index contributed by atoms with van der Waals surface area (Å²) in [6, 6.07) is 0. The van der Waals surface area contributed by atoms with Crippen LogP contribution in [0.25, 0.3) is 0 Å². The molecule has 4 aliphatic carbocycles. The summed E-state index contributed by atoms with van der Waals surface area (Å²) < 4.78 is 0. The van der Waals surface area contributed by atoms with E-state index in [9.17, 15) is 14.7 Å². The highest BCUT2D eigenvalue weighted by molar-refractivity contribution is 5.84. The lowest BCUT2D eigenvalue weighted by molar-refractivity contribution is -0.146. The predicted molar refractivity (Wildman–Crippen MR) is 92.2 cm³/mol. The third-order valence-electron chi connectivity index (χ3n) is 6.19. The van der Waals surface area contributed by atoms with Gasteiger partial charge in [0.2, 0.25) is 11.8 Å². The van der Waals surface area contributed by atoms with E-state index in [0.29, 0.717) is 19.5 Å². The summed E-state index contributed by atoms with van der Waals surface area (Å²) in [7, 11) is 1.70. The maximum absolute atomic E-state index is 12.8. The molecule has 5 nitrogen and oxygen atoms in total. The van der Waals surface area contributed by atoms with Gasteiger partial charge in [-0.3, -0.25) is 9.59 Å². The van der Waals surface area contributed by atoms with Crippen LogP contribution in [0.2, 0.25) is 0 Å². The molecule has 0 atom stereocenters. The van der Waals surface area contributed by atoms with E-state index in [1.807, 2.05) is 0 Å². The first-order valence-electron chi connectivity index (χ1n) is 9.41. The van der Waals surface area contributed by atoms with Crippen molar-refractivity contribution in [3.63, 3.8) is 0 Å². The fourth-order valence-electron chi connectivity index (χ4n) is 5.72. The topological polar surface area (TPSA) is 69.6 Å². The second-order valence-electron chi connectivity index (χ2n) is 9.27. The number of amides is 2. The van der Waals surface area contributed by atoms with E-state index >= 15 is 0 Å². The van der Waals surface area contributed by atoms with Gasteiger partial charge in [-0.1, -0.05) is 0 Å². The van der Waals surface area contributed by atoms with Crippen LogP contribution in [0.5, 0.6) is 0 Å². The molecule has 0 spiro atoms. The molecule has 4 bridgehead atoms. The number of carbonyl (C=O) groups is 2. The van der Waals surface area contributed by atoms with Crippen molar-refractivity contribution in [2.24, 2.45) is 23.2 Å². The van der Waals surface area contributed by atoms with Crippen LogP contribution in [-0.2, 0) is 9.59 Å². The number of aliphatic hydroxyl groups is 1. The zero-order valence-corrected chi connectivity index (χ0v) is 15.3. The van der Waals surface area contributed by atoms with Gasteiger partial charge in [-0.05, 0) is 70.1 Å². The molecule has 0 aromatic rings. The van der Waals surface area contributed by atoms with E-state index in [0.717, 1.165) is 37.0 Å². The lowest BCUT2D eigenvalue weighted by Gasteiger charge is -2.55. The first-order chi connectivity index (χ1) is 11.2. The van der Waals surface area contributed by atoms with Crippen molar-refractivity contribution in [2.45, 2.75) is 64.4 Å². The normalized spacial score (nSPS) is 34.2. The molecular formula is C19H32N2O3. The molecule has 0 saturated heterocycles. The Morgan fingerprint density at radius 2 is 1.62 bits per heavy atom. The van der Waals surface area contributed by atoms with Crippen LogP contribution in [-0.4, -0.2) is 47.6 Å². The van der Waals surface area contributed by atoms with Crippen LogP contribution in [0.3, 0.4) is 0 Å². The summed E-state index contributed by atoms with van der Waals surface area (Å²) in [6.45, 7) is 4.07. The summed E-state index contributed by atoms with van der Waals surface area (Å²) in [6.07, 6.45) is 7.43. The smallest absolute Gasteiger partial charge is 0.226 e. The van der Waals surface area contributed by atoms with Gasteiger partial charge in [0.15, 0.2) is 0 Å². The fourth-order valence-corrected chi connectivity index (χ4v) is 5.72. The Morgan fingerprint density at radius 3 is 2.08 bits per heavy atom. The molecule has 0 radical (unpaired) electrons. The van der Waals surface area contributed by atoms with Crippen LogP contribution in [0, 0.1) is 23.2 Å². The van der Waals surface area contributed by atoms with E-state index < -0.39 is 5.60 Å². The quantitative estimate of drug-likeness (QED) is 0.779. The van der Waals surface area contributed by atoms with Crippen LogP contribution < -0.4 is 5.32 Å². The van der Waals surface area contributed by atoms with Crippen LogP contribution in [0.4, 0.5) is 0 Å². The number of rotatable bonds is 6. The molecular weight excluding hydrogens is 304 g/mol. The molecule has 4 fully saturated rings. The standard InChI is InChI=1S/C19H32N2O3/c1-18(2,24)12-21(3)16(22)4-5-20-17(23)19-9-13-6-14(10-19)8-15(7-13)11-19/h13-15,24H,4-12H2,1-3H3,(H,20,23). The Bertz CT molecular complexity index is 474. The number of nitrogens with zero attached hydrogens (tertiary/aromatic N) is 1. The minimum Gasteiger partial charge on any atom is -0.389 e. The first-order valence-corrected chi connectivity index (χ1v) is 9.41. The molecule has 2 amide bonds. The van der Waals surface area contributed by atoms with Crippen molar-refractivity contribution in [1.29, 1.82) is 0 Å². The minimum absolute atomic E-state index is 0.0389. The molecule has 4 saturated carbocycles. The summed E-state index contributed by atoms with van der Waals surface area (Å²) in [4.78, 5) is 26.5. The van der Waals surface area contributed by atoms with Crippen molar-refractivity contribution in [3.05, 3.63) is 0 Å². The van der Waals surface area contributed by atoms with E-state index in [1.54, 1.807) is 20.9 Å². The molecule has 2 N–H and O–H groups in total. The monoisotopic (exact) mass is 336 g/mol. The second-order valence-corrected chi connectivity index (χ2v) is 9.27. The van der Waals surface area contributed by atoms with E-state index in [-0.39, 0.29) is 17.2 Å². The maximum atomic E-state index is 12.8. The highest BCUT2D eigenvalue weighted by atomic mass is 16.3. The molecule has 24 heavy (non-hydrogen) atoms. The highest BCUT2D eigenvalue weighted by Crippen LogP contribution is 2.60. The van der Waals surface area contributed by atoms with E-state index in [1.165, 1.54) is 24.2 Å². The van der Waals surface area contributed by atoms with Gasteiger partial charge in [-0.2, -0.15) is 0 Å². The van der Waals surface area contributed by atoms with Crippen molar-refractivity contribution in [1.82, 2.24) is 10.2 Å². The molecule has 0 heterocycles. The third kappa shape index (κ3) is 3.76. The Morgan fingerprint density at radius 1 is 1.12 bits per heavy atom. The minimum atomic E-state index is -0.896. The molecule has 0 unspecified atom stereocenters. The van der Waals surface area contributed by atoms with E-state index in [4.69, 9.17) is 0 Å². The highest BCUT2D eigenvalue weighted by Gasteiger charge is 2.54. The van der Waals surface area contributed by atoms with Crippen LogP contribution in [0.15, 0.2) is 0 Å². The fraction of sp³-hybridized carbons (Fsp3) is 0.895. The van der Waals surface area contributed by atoms with Gasteiger partial charge in [0.25, 0.3) is 0 Å². The Kier molecular flexibility index (Phi) is 4.67. The lowest BCUT2D eigenvalue weighted by Crippen LogP contribution is -2.53.